The molecule has 13 heteroatoms. The topological polar surface area (TPSA) is 46.5 Å². The van der Waals surface area contributed by atoms with Crippen molar-refractivity contribution in [2.75, 3.05) is 26.2 Å². The first-order valence-corrected chi connectivity index (χ1v) is 12.2. The average Bonchev–Trinajstić information content (AvgIpc) is 3.23. The molecule has 1 saturated heterocycles. The van der Waals surface area contributed by atoms with Gasteiger partial charge in [-0.05, 0) is 48.1 Å². The quantitative estimate of drug-likeness (QED) is 0.336. The number of halogens is 8. The molecule has 0 saturated carbocycles. The molecule has 1 aromatic heterocycles. The van der Waals surface area contributed by atoms with Gasteiger partial charge in [0.1, 0.15) is 11.6 Å². The van der Waals surface area contributed by atoms with Crippen LogP contribution in [-0.4, -0.2) is 54.2 Å². The zero-order chi connectivity index (χ0) is 28.4. The van der Waals surface area contributed by atoms with Crippen LogP contribution in [0, 0.1) is 11.6 Å². The summed E-state index contributed by atoms with van der Waals surface area (Å²) in [4.78, 5) is 14.8. The van der Waals surface area contributed by atoms with Crippen molar-refractivity contribution < 1.29 is 44.7 Å². The number of amides is 1. The van der Waals surface area contributed by atoms with E-state index in [1.54, 1.807) is 0 Å². The molecule has 2 aromatic carbocycles. The van der Waals surface area contributed by atoms with E-state index in [4.69, 9.17) is 0 Å². The van der Waals surface area contributed by atoms with Crippen LogP contribution < -0.4 is 5.32 Å². The summed E-state index contributed by atoms with van der Waals surface area (Å²) in [6.07, 6.45) is -7.16. The molecule has 5 nitrogen and oxygen atoms in total. The van der Waals surface area contributed by atoms with Gasteiger partial charge in [-0.25, -0.2) is 8.78 Å². The lowest BCUT2D eigenvalue weighted by Crippen LogP contribution is -2.38. The van der Waals surface area contributed by atoms with Crippen molar-refractivity contribution in [3.8, 4) is 0 Å². The van der Waals surface area contributed by atoms with Crippen molar-refractivity contribution in [1.29, 1.82) is 0 Å². The molecule has 1 N–H and O–H groups in total. The van der Waals surface area contributed by atoms with Gasteiger partial charge < -0.3 is 14.8 Å². The van der Waals surface area contributed by atoms with Crippen LogP contribution in [0.4, 0.5) is 35.1 Å². The summed E-state index contributed by atoms with van der Waals surface area (Å²) in [5.41, 5.74) is 1.09. The average molecular weight is 563 g/mol. The zero-order valence-corrected chi connectivity index (χ0v) is 20.5. The number of nitrogens with one attached hydrogen (secondary N) is 1. The molecule has 0 radical (unpaired) electrons. The van der Waals surface area contributed by atoms with Crippen molar-refractivity contribution in [1.82, 2.24) is 14.8 Å². The number of rotatable bonds is 8. The molecule has 39 heavy (non-hydrogen) atoms. The van der Waals surface area contributed by atoms with Crippen LogP contribution in [0.25, 0.3) is 10.9 Å². The number of benzene rings is 2. The molecule has 1 fully saturated rings. The third-order valence-electron chi connectivity index (χ3n) is 6.62. The molecule has 1 aliphatic heterocycles. The first kappa shape index (κ1) is 28.8. The number of nitrogens with zero attached hydrogens (tertiary/aromatic N) is 2. The summed E-state index contributed by atoms with van der Waals surface area (Å²) in [7, 11) is 0. The monoisotopic (exact) mass is 563 g/mol. The smallest absolute Gasteiger partial charge is 0.344 e. The van der Waals surface area contributed by atoms with Gasteiger partial charge in [-0.2, -0.15) is 13.2 Å². The van der Waals surface area contributed by atoms with Crippen LogP contribution >= 0.6 is 0 Å². The third kappa shape index (κ3) is 7.27. The lowest BCUT2D eigenvalue weighted by molar-refractivity contribution is -0.325. The Morgan fingerprint density at radius 3 is 2.38 bits per heavy atom. The lowest BCUT2D eigenvalue weighted by atomic mass is 9.88. The van der Waals surface area contributed by atoms with E-state index in [1.165, 1.54) is 46.0 Å². The molecule has 212 valence electrons. The fourth-order valence-corrected chi connectivity index (χ4v) is 4.84. The first-order chi connectivity index (χ1) is 18.3. The van der Waals surface area contributed by atoms with Gasteiger partial charge in [0.2, 0.25) is 0 Å². The maximum Gasteiger partial charge on any atom is 0.522 e. The van der Waals surface area contributed by atoms with Crippen molar-refractivity contribution in [3.05, 3.63) is 70.9 Å². The van der Waals surface area contributed by atoms with Crippen molar-refractivity contribution in [2.45, 2.75) is 44.4 Å². The first-order valence-electron chi connectivity index (χ1n) is 12.2. The van der Waals surface area contributed by atoms with Crippen molar-refractivity contribution >= 4 is 16.8 Å². The Bertz CT molecular complexity index is 1310. The summed E-state index contributed by atoms with van der Waals surface area (Å²) < 4.78 is 109. The van der Waals surface area contributed by atoms with Crippen molar-refractivity contribution in [2.24, 2.45) is 0 Å². The minimum Gasteiger partial charge on any atom is -0.344 e. The van der Waals surface area contributed by atoms with E-state index in [0.29, 0.717) is 24.0 Å². The molecule has 0 aliphatic carbocycles. The van der Waals surface area contributed by atoms with Gasteiger partial charge >= 0.3 is 12.5 Å². The second-order valence-corrected chi connectivity index (χ2v) is 9.31. The Morgan fingerprint density at radius 2 is 1.72 bits per heavy atom. The largest absolute Gasteiger partial charge is 0.522 e. The minimum atomic E-state index is -4.82. The number of likely N-dealkylation sites (tertiary alicyclic amines) is 1. The van der Waals surface area contributed by atoms with Gasteiger partial charge in [0.15, 0.2) is 0 Å². The highest BCUT2D eigenvalue weighted by Crippen LogP contribution is 2.33. The van der Waals surface area contributed by atoms with E-state index < -0.39 is 43.2 Å². The zero-order valence-electron chi connectivity index (χ0n) is 20.5. The fraction of sp³-hybridized carbons (Fsp3) is 0.423. The number of carbonyl (C=O) groups is 1. The summed E-state index contributed by atoms with van der Waals surface area (Å²) in [5, 5.41) is 2.26. The van der Waals surface area contributed by atoms with Crippen LogP contribution in [0.2, 0.25) is 0 Å². The number of hydrogen-bond donors (Lipinski definition) is 1. The summed E-state index contributed by atoms with van der Waals surface area (Å²) in [6, 6.07) is 8.17. The Morgan fingerprint density at radius 1 is 1.00 bits per heavy atom. The molecular formula is C26H25F8N3O2. The van der Waals surface area contributed by atoms with Gasteiger partial charge in [0.05, 0.1) is 24.2 Å². The molecule has 1 amide bonds. The van der Waals surface area contributed by atoms with Crippen molar-refractivity contribution in [3.63, 3.8) is 0 Å². The van der Waals surface area contributed by atoms with Crippen LogP contribution in [0.1, 0.15) is 40.2 Å². The molecule has 0 atom stereocenters. The van der Waals surface area contributed by atoms with Crippen LogP contribution in [-0.2, 0) is 17.8 Å². The normalized spacial score (nSPS) is 15.3. The number of alkyl halides is 6. The maximum atomic E-state index is 14.7. The Balaban J connectivity index is 1.45. The molecule has 4 rings (SSSR count). The predicted octanol–water partition coefficient (Wildman–Crippen LogP) is 6.13. The van der Waals surface area contributed by atoms with E-state index in [2.05, 4.69) is 10.1 Å². The molecular weight excluding hydrogens is 538 g/mol. The number of fused-ring (bicyclic) bond motifs is 1. The van der Waals surface area contributed by atoms with Crippen LogP contribution in [0.15, 0.2) is 42.6 Å². The van der Waals surface area contributed by atoms with Gasteiger partial charge in [-0.3, -0.25) is 9.53 Å². The van der Waals surface area contributed by atoms with Crippen LogP contribution in [0.5, 0.6) is 0 Å². The highest BCUT2D eigenvalue weighted by molar-refractivity contribution is 6.07. The van der Waals surface area contributed by atoms with E-state index in [1.807, 2.05) is 0 Å². The highest BCUT2D eigenvalue weighted by atomic mass is 19.4. The molecule has 3 aromatic rings. The third-order valence-corrected chi connectivity index (χ3v) is 6.62. The number of piperidine rings is 1. The Labute approximate surface area is 218 Å². The van der Waals surface area contributed by atoms with E-state index in [0.717, 1.165) is 6.07 Å². The van der Waals surface area contributed by atoms with Crippen LogP contribution in [0.3, 0.4) is 0 Å². The van der Waals surface area contributed by atoms with Gasteiger partial charge in [-0.15, -0.1) is 13.2 Å². The Hall–Kier alpha value is -3.19. The maximum absolute atomic E-state index is 14.7. The summed E-state index contributed by atoms with van der Waals surface area (Å²) >= 11 is 0. The summed E-state index contributed by atoms with van der Waals surface area (Å²) in [6.45, 7) is -1.84. The van der Waals surface area contributed by atoms with Gasteiger partial charge in [0, 0.05) is 37.8 Å². The van der Waals surface area contributed by atoms with E-state index in [-0.39, 0.29) is 48.6 Å². The lowest BCUT2D eigenvalue weighted by Gasteiger charge is -2.32. The number of hydrogen-bond acceptors (Lipinski definition) is 3. The SMILES string of the molecule is O=C(c1cn(CCOC(F)(F)F)c2cccc(F)c12)N1CCC(c2cc(CNCC(F)(F)F)ccc2F)CC1. The number of carbonyl (C=O) groups excluding carboxylic acids is 1. The predicted molar refractivity (Wildman–Crippen MR) is 126 cm³/mol. The number of aromatic nitrogens is 1. The second-order valence-electron chi connectivity index (χ2n) is 9.31. The Kier molecular flexibility index (Phi) is 8.50. The van der Waals surface area contributed by atoms with E-state index >= 15 is 0 Å². The molecule has 0 bridgehead atoms. The van der Waals surface area contributed by atoms with Gasteiger partial charge in [-0.1, -0.05) is 18.2 Å². The second kappa shape index (κ2) is 11.5. The summed E-state index contributed by atoms with van der Waals surface area (Å²) in [5.74, 6) is -1.98. The number of ether oxygens (including phenoxy) is 1. The fourth-order valence-electron chi connectivity index (χ4n) is 4.84. The standard InChI is InChI=1S/C26H25F8N3O2/c27-20-5-4-16(13-35-15-25(29,30)31)12-18(20)17-6-8-36(9-7-17)24(38)19-14-37(10-11-39-26(32,33)34)22-3-1-2-21(28)23(19)22/h1-5,12,14,17,35H,6-11,13,15H2. The van der Waals surface area contributed by atoms with E-state index in [9.17, 15) is 39.9 Å². The molecule has 0 spiro atoms. The minimum absolute atomic E-state index is 0.00234. The highest BCUT2D eigenvalue weighted by Gasteiger charge is 2.31. The molecule has 2 heterocycles. The molecule has 1 aliphatic rings. The molecule has 0 unspecified atom stereocenters. The van der Waals surface area contributed by atoms with Gasteiger partial charge in [0.25, 0.3) is 5.91 Å².